The van der Waals surface area contributed by atoms with Crippen molar-refractivity contribution < 1.29 is 4.74 Å². The Kier molecular flexibility index (Phi) is 6.02. The minimum absolute atomic E-state index is 0.624. The Morgan fingerprint density at radius 2 is 2.12 bits per heavy atom. The standard InChI is InChI=1S/C14H18N2O/c1-12(2)11-17-8-7-16-10-14-5-3-13(9-15)4-6-14/h3-6,16H,1,7-8,10-11H2,2H3. The molecule has 0 aliphatic carbocycles. The molecule has 1 rings (SSSR count). The molecule has 0 spiro atoms. The molecule has 0 atom stereocenters. The topological polar surface area (TPSA) is 45.0 Å². The average Bonchev–Trinajstić information content (AvgIpc) is 2.34. The van der Waals surface area contributed by atoms with Crippen molar-refractivity contribution in [1.29, 1.82) is 5.26 Å². The average molecular weight is 230 g/mol. The van der Waals surface area contributed by atoms with Gasteiger partial charge in [0.25, 0.3) is 0 Å². The molecular weight excluding hydrogens is 212 g/mol. The van der Waals surface area contributed by atoms with Crippen molar-refractivity contribution in [3.63, 3.8) is 0 Å². The monoisotopic (exact) mass is 230 g/mol. The predicted molar refractivity (Wildman–Crippen MR) is 68.5 cm³/mol. The molecule has 0 fully saturated rings. The molecule has 0 saturated carbocycles. The van der Waals surface area contributed by atoms with Crippen molar-refractivity contribution >= 4 is 0 Å². The molecule has 0 heterocycles. The molecule has 1 N–H and O–H groups in total. The molecular formula is C14H18N2O. The van der Waals surface area contributed by atoms with Crippen LogP contribution >= 0.6 is 0 Å². The Balaban J connectivity index is 2.14. The Morgan fingerprint density at radius 3 is 2.71 bits per heavy atom. The van der Waals surface area contributed by atoms with E-state index in [9.17, 15) is 0 Å². The van der Waals surface area contributed by atoms with E-state index in [0.29, 0.717) is 18.8 Å². The Morgan fingerprint density at radius 1 is 1.41 bits per heavy atom. The van der Waals surface area contributed by atoms with Crippen molar-refractivity contribution in [2.75, 3.05) is 19.8 Å². The molecule has 0 unspecified atom stereocenters. The summed E-state index contributed by atoms with van der Waals surface area (Å²) in [5.74, 6) is 0. The van der Waals surface area contributed by atoms with Gasteiger partial charge >= 0.3 is 0 Å². The summed E-state index contributed by atoms with van der Waals surface area (Å²) in [4.78, 5) is 0. The van der Waals surface area contributed by atoms with Gasteiger partial charge in [-0.2, -0.15) is 5.26 Å². The van der Waals surface area contributed by atoms with E-state index >= 15 is 0 Å². The summed E-state index contributed by atoms with van der Waals surface area (Å²) in [6, 6.07) is 9.67. The van der Waals surface area contributed by atoms with Gasteiger partial charge in [-0.3, -0.25) is 0 Å². The lowest BCUT2D eigenvalue weighted by Gasteiger charge is -2.06. The molecule has 0 bridgehead atoms. The number of nitrogens with one attached hydrogen (secondary N) is 1. The summed E-state index contributed by atoms with van der Waals surface area (Å²) in [5.41, 5.74) is 2.90. The second-order valence-electron chi connectivity index (χ2n) is 4.00. The van der Waals surface area contributed by atoms with Crippen molar-refractivity contribution in [2.45, 2.75) is 13.5 Å². The zero-order valence-electron chi connectivity index (χ0n) is 10.2. The lowest BCUT2D eigenvalue weighted by molar-refractivity contribution is 0.158. The quantitative estimate of drug-likeness (QED) is 0.577. The van der Waals surface area contributed by atoms with Crippen LogP contribution in [0.2, 0.25) is 0 Å². The second-order valence-corrected chi connectivity index (χ2v) is 4.00. The SMILES string of the molecule is C=C(C)COCCNCc1ccc(C#N)cc1. The maximum atomic E-state index is 8.66. The van der Waals surface area contributed by atoms with Gasteiger partial charge in [0.15, 0.2) is 0 Å². The van der Waals surface area contributed by atoms with Crippen LogP contribution in [0.5, 0.6) is 0 Å². The highest BCUT2D eigenvalue weighted by atomic mass is 16.5. The van der Waals surface area contributed by atoms with Crippen molar-refractivity contribution in [3.8, 4) is 6.07 Å². The second kappa shape index (κ2) is 7.61. The highest BCUT2D eigenvalue weighted by molar-refractivity contribution is 5.31. The van der Waals surface area contributed by atoms with Gasteiger partial charge in [0.05, 0.1) is 24.8 Å². The van der Waals surface area contributed by atoms with Crippen molar-refractivity contribution in [1.82, 2.24) is 5.32 Å². The third kappa shape index (κ3) is 5.86. The highest BCUT2D eigenvalue weighted by Gasteiger charge is 1.94. The zero-order valence-corrected chi connectivity index (χ0v) is 10.2. The van der Waals surface area contributed by atoms with Crippen molar-refractivity contribution in [2.24, 2.45) is 0 Å². The number of hydrogen-bond donors (Lipinski definition) is 1. The van der Waals surface area contributed by atoms with Crippen LogP contribution in [0.3, 0.4) is 0 Å². The number of benzene rings is 1. The third-order valence-corrected chi connectivity index (χ3v) is 2.18. The molecule has 3 heteroatoms. The van der Waals surface area contributed by atoms with Crippen LogP contribution in [-0.2, 0) is 11.3 Å². The molecule has 90 valence electrons. The lowest BCUT2D eigenvalue weighted by atomic mass is 10.1. The number of hydrogen-bond acceptors (Lipinski definition) is 3. The normalized spacial score (nSPS) is 9.88. The van der Waals surface area contributed by atoms with Gasteiger partial charge in [-0.15, -0.1) is 0 Å². The zero-order chi connectivity index (χ0) is 12.5. The Bertz CT molecular complexity index is 390. The van der Waals surface area contributed by atoms with Gasteiger partial charge < -0.3 is 10.1 Å². The largest absolute Gasteiger partial charge is 0.376 e. The van der Waals surface area contributed by atoms with Crippen LogP contribution < -0.4 is 5.32 Å². The minimum atomic E-state index is 0.624. The van der Waals surface area contributed by atoms with E-state index in [1.807, 2.05) is 31.2 Å². The molecule has 1 aromatic rings. The summed E-state index contributed by atoms with van der Waals surface area (Å²) >= 11 is 0. The van der Waals surface area contributed by atoms with Gasteiger partial charge in [0, 0.05) is 13.1 Å². The highest BCUT2D eigenvalue weighted by Crippen LogP contribution is 2.02. The molecule has 17 heavy (non-hydrogen) atoms. The summed E-state index contributed by atoms with van der Waals surface area (Å²) in [5, 5.41) is 11.9. The van der Waals surface area contributed by atoms with Crippen LogP contribution in [0.15, 0.2) is 36.4 Å². The summed E-state index contributed by atoms with van der Waals surface area (Å²) in [6.07, 6.45) is 0. The van der Waals surface area contributed by atoms with E-state index in [4.69, 9.17) is 10.00 Å². The van der Waals surface area contributed by atoms with Gasteiger partial charge in [0.2, 0.25) is 0 Å². The molecule has 0 amide bonds. The number of nitriles is 1. The first-order chi connectivity index (χ1) is 8.22. The van der Waals surface area contributed by atoms with E-state index in [1.165, 1.54) is 5.56 Å². The van der Waals surface area contributed by atoms with Crippen LogP contribution in [0.1, 0.15) is 18.1 Å². The van der Waals surface area contributed by atoms with Crippen molar-refractivity contribution in [3.05, 3.63) is 47.5 Å². The molecule has 0 aromatic heterocycles. The van der Waals surface area contributed by atoms with Crippen LogP contribution in [-0.4, -0.2) is 19.8 Å². The molecule has 0 saturated heterocycles. The summed E-state index contributed by atoms with van der Waals surface area (Å²) in [6.45, 7) is 8.63. The Hall–Kier alpha value is -1.63. The maximum Gasteiger partial charge on any atom is 0.0991 e. The van der Waals surface area contributed by atoms with Gasteiger partial charge in [-0.25, -0.2) is 0 Å². The Labute approximate surface area is 103 Å². The van der Waals surface area contributed by atoms with E-state index in [2.05, 4.69) is 18.0 Å². The molecule has 0 aliphatic heterocycles. The van der Waals surface area contributed by atoms with Crippen LogP contribution in [0.25, 0.3) is 0 Å². The lowest BCUT2D eigenvalue weighted by Crippen LogP contribution is -2.19. The van der Waals surface area contributed by atoms with E-state index in [1.54, 1.807) is 0 Å². The van der Waals surface area contributed by atoms with Crippen LogP contribution in [0, 0.1) is 11.3 Å². The first kappa shape index (κ1) is 13.4. The number of nitrogens with zero attached hydrogens (tertiary/aromatic N) is 1. The number of rotatable bonds is 7. The minimum Gasteiger partial charge on any atom is -0.376 e. The third-order valence-electron chi connectivity index (χ3n) is 2.18. The molecule has 0 aliphatic rings. The molecule has 1 aromatic carbocycles. The fourth-order valence-corrected chi connectivity index (χ4v) is 1.32. The molecule has 3 nitrogen and oxygen atoms in total. The smallest absolute Gasteiger partial charge is 0.0991 e. The van der Waals surface area contributed by atoms with Gasteiger partial charge in [0.1, 0.15) is 0 Å². The summed E-state index contributed by atoms with van der Waals surface area (Å²) in [7, 11) is 0. The predicted octanol–water partition coefficient (Wildman–Crippen LogP) is 2.24. The van der Waals surface area contributed by atoms with Gasteiger partial charge in [-0.05, 0) is 24.6 Å². The van der Waals surface area contributed by atoms with E-state index in [-0.39, 0.29) is 0 Å². The fraction of sp³-hybridized carbons (Fsp3) is 0.357. The summed E-state index contributed by atoms with van der Waals surface area (Å²) < 4.78 is 5.36. The van der Waals surface area contributed by atoms with E-state index < -0.39 is 0 Å². The molecule has 0 radical (unpaired) electrons. The van der Waals surface area contributed by atoms with Gasteiger partial charge in [-0.1, -0.05) is 24.3 Å². The van der Waals surface area contributed by atoms with Crippen LogP contribution in [0.4, 0.5) is 0 Å². The first-order valence-corrected chi connectivity index (χ1v) is 5.64. The number of ether oxygens (including phenoxy) is 1. The fourth-order valence-electron chi connectivity index (χ4n) is 1.32. The first-order valence-electron chi connectivity index (χ1n) is 5.64. The van der Waals surface area contributed by atoms with E-state index in [0.717, 1.165) is 18.7 Å². The maximum absolute atomic E-state index is 8.66.